The highest BCUT2D eigenvalue weighted by Gasteiger charge is 2.29. The van der Waals surface area contributed by atoms with E-state index in [2.05, 4.69) is 0 Å². The molecule has 1 unspecified atom stereocenters. The van der Waals surface area contributed by atoms with Gasteiger partial charge in [-0.05, 0) is 41.8 Å². The summed E-state index contributed by atoms with van der Waals surface area (Å²) in [4.78, 5) is 25.2. The number of anilines is 1. The molecule has 0 bridgehead atoms. The highest BCUT2D eigenvalue weighted by Crippen LogP contribution is 2.30. The fourth-order valence-corrected chi connectivity index (χ4v) is 2.91. The summed E-state index contributed by atoms with van der Waals surface area (Å²) in [6.07, 6.45) is -3.35. The fraction of sp³-hybridized carbons (Fsp3) is 0.200. The molecule has 140 valence electrons. The Hall–Kier alpha value is -3.09. The van der Waals surface area contributed by atoms with Crippen LogP contribution in [0.15, 0.2) is 48.5 Å². The summed E-state index contributed by atoms with van der Waals surface area (Å²) >= 11 is 0. The molecule has 1 N–H and O–H groups in total. The van der Waals surface area contributed by atoms with Crippen LogP contribution in [0.2, 0.25) is 0 Å². The molecule has 7 heteroatoms. The number of carbonyl (C=O) groups excluding carboxylic acids is 1. The van der Waals surface area contributed by atoms with Crippen molar-refractivity contribution in [2.45, 2.75) is 25.6 Å². The van der Waals surface area contributed by atoms with Crippen molar-refractivity contribution < 1.29 is 27.9 Å². The van der Waals surface area contributed by atoms with Gasteiger partial charge in [0.05, 0.1) is 12.5 Å². The maximum absolute atomic E-state index is 12.7. The molecule has 0 aliphatic carbocycles. The summed E-state index contributed by atoms with van der Waals surface area (Å²) < 4.78 is 36.9. The summed E-state index contributed by atoms with van der Waals surface area (Å²) in [7, 11) is 0. The largest absolute Gasteiger partial charge is 0.481 e. The van der Waals surface area contributed by atoms with Crippen molar-refractivity contribution in [3.05, 3.63) is 70.8 Å². The monoisotopic (exact) mass is 375 g/mol. The molecule has 0 aromatic heterocycles. The smallest absolute Gasteiger partial charge is 0.409 e. The molecule has 0 fully saturated rings. The molecular weight excluding hydrogens is 359 g/mol. The van der Waals surface area contributed by atoms with E-state index in [0.717, 1.165) is 11.6 Å². The third-order valence-electron chi connectivity index (χ3n) is 4.48. The average molecular weight is 375 g/mol. The topological polar surface area (TPSA) is 57.6 Å². The second-order valence-corrected chi connectivity index (χ2v) is 6.33. The van der Waals surface area contributed by atoms with Gasteiger partial charge < -0.3 is 10.0 Å². The van der Waals surface area contributed by atoms with E-state index in [1.54, 1.807) is 37.3 Å². The number of hydrogen-bond donors (Lipinski definition) is 1. The normalized spacial score (nSPS) is 15.3. The number of rotatable bonds is 4. The minimum absolute atomic E-state index is 0.133. The van der Waals surface area contributed by atoms with E-state index in [9.17, 15) is 22.8 Å². The van der Waals surface area contributed by atoms with Gasteiger partial charge >= 0.3 is 12.1 Å². The van der Waals surface area contributed by atoms with E-state index in [1.165, 1.54) is 17.0 Å². The molecular formula is C20H16F3NO3. The maximum Gasteiger partial charge on any atom is 0.409 e. The number of nitrogens with zero attached hydrogens (tertiary/aromatic N) is 1. The molecule has 0 spiro atoms. The lowest BCUT2D eigenvalue weighted by molar-refractivity contribution is -0.138. The molecule has 2 aromatic rings. The van der Waals surface area contributed by atoms with Crippen LogP contribution in [-0.2, 0) is 11.3 Å². The number of hydrogen-bond acceptors (Lipinski definition) is 2. The number of benzene rings is 2. The molecule has 1 atom stereocenters. The van der Waals surface area contributed by atoms with Gasteiger partial charge in [0.25, 0.3) is 5.91 Å². The van der Waals surface area contributed by atoms with E-state index in [1.807, 2.05) is 0 Å². The predicted octanol–water partition coefficient (Wildman–Crippen LogP) is 4.61. The summed E-state index contributed by atoms with van der Waals surface area (Å²) in [6.45, 7) is 1.88. The van der Waals surface area contributed by atoms with Crippen LogP contribution in [0, 0.1) is 0 Å². The second-order valence-electron chi connectivity index (χ2n) is 6.33. The predicted molar refractivity (Wildman–Crippen MR) is 94.5 cm³/mol. The lowest BCUT2D eigenvalue weighted by atomic mass is 10.0. The number of amides is 1. The van der Waals surface area contributed by atoms with Gasteiger partial charge in [-0.1, -0.05) is 30.3 Å². The van der Waals surface area contributed by atoms with Crippen LogP contribution in [-0.4, -0.2) is 23.2 Å². The first-order valence-corrected chi connectivity index (χ1v) is 8.19. The maximum atomic E-state index is 12.7. The average Bonchev–Trinajstić information content (AvgIpc) is 2.95. The number of fused-ring (bicyclic) bond motifs is 1. The molecule has 0 radical (unpaired) electrons. The number of carbonyl (C=O) groups is 2. The minimum atomic E-state index is -4.41. The van der Waals surface area contributed by atoms with Crippen molar-refractivity contribution in [3.8, 4) is 0 Å². The third-order valence-corrected chi connectivity index (χ3v) is 4.48. The van der Waals surface area contributed by atoms with Crippen molar-refractivity contribution in [1.29, 1.82) is 0 Å². The van der Waals surface area contributed by atoms with Gasteiger partial charge in [-0.2, -0.15) is 13.2 Å². The van der Waals surface area contributed by atoms with Crippen LogP contribution in [0.25, 0.3) is 6.08 Å². The zero-order valence-electron chi connectivity index (χ0n) is 14.3. The summed E-state index contributed by atoms with van der Waals surface area (Å²) in [6, 6.07) is 11.3. The van der Waals surface area contributed by atoms with Gasteiger partial charge in [0.1, 0.15) is 0 Å². The highest BCUT2D eigenvalue weighted by molar-refractivity contribution is 6.10. The molecule has 2 aromatic carbocycles. The molecule has 27 heavy (non-hydrogen) atoms. The number of allylic oxidation sites excluding steroid dienone is 1. The van der Waals surface area contributed by atoms with Crippen molar-refractivity contribution in [2.75, 3.05) is 4.90 Å². The van der Waals surface area contributed by atoms with Gasteiger partial charge in [-0.15, -0.1) is 0 Å². The number of halogens is 3. The number of carboxylic acid groups (broad SMARTS) is 1. The lowest BCUT2D eigenvalue weighted by Crippen LogP contribution is -2.23. The first-order chi connectivity index (χ1) is 12.7. The van der Waals surface area contributed by atoms with Crippen molar-refractivity contribution >= 4 is 23.6 Å². The van der Waals surface area contributed by atoms with Gasteiger partial charge in [-0.25, -0.2) is 0 Å². The zero-order valence-corrected chi connectivity index (χ0v) is 14.3. The number of aliphatic carboxylic acids is 1. The zero-order chi connectivity index (χ0) is 19.8. The highest BCUT2D eigenvalue weighted by atomic mass is 19.4. The molecule has 4 nitrogen and oxygen atoms in total. The van der Waals surface area contributed by atoms with Crippen LogP contribution in [0.3, 0.4) is 0 Å². The molecule has 1 aliphatic rings. The van der Waals surface area contributed by atoms with E-state index in [0.29, 0.717) is 28.9 Å². The van der Waals surface area contributed by atoms with Crippen molar-refractivity contribution in [1.82, 2.24) is 0 Å². The van der Waals surface area contributed by atoms with Gasteiger partial charge in [0.15, 0.2) is 0 Å². The van der Waals surface area contributed by atoms with E-state index in [4.69, 9.17) is 5.11 Å². The first kappa shape index (κ1) is 18.7. The van der Waals surface area contributed by atoms with Gasteiger partial charge in [-0.3, -0.25) is 9.59 Å². The molecule has 1 amide bonds. The van der Waals surface area contributed by atoms with Crippen LogP contribution < -0.4 is 4.90 Å². The summed E-state index contributed by atoms with van der Waals surface area (Å²) in [5, 5.41) is 9.06. The molecule has 0 saturated carbocycles. The lowest BCUT2D eigenvalue weighted by Gasteiger charge is -2.16. The Labute approximate surface area is 153 Å². The minimum Gasteiger partial charge on any atom is -0.481 e. The van der Waals surface area contributed by atoms with E-state index >= 15 is 0 Å². The van der Waals surface area contributed by atoms with E-state index in [-0.39, 0.29) is 12.0 Å². The summed E-state index contributed by atoms with van der Waals surface area (Å²) in [5.74, 6) is -1.90. The Morgan fingerprint density at radius 2 is 1.85 bits per heavy atom. The van der Waals surface area contributed by atoms with Crippen LogP contribution in [0.4, 0.5) is 18.9 Å². The van der Waals surface area contributed by atoms with Gasteiger partial charge in [0.2, 0.25) is 0 Å². The fourth-order valence-electron chi connectivity index (χ4n) is 2.91. The van der Waals surface area contributed by atoms with Crippen molar-refractivity contribution in [3.63, 3.8) is 0 Å². The molecule has 3 rings (SSSR count). The Morgan fingerprint density at radius 1 is 1.19 bits per heavy atom. The SMILES string of the molecule is CC(C(=O)O)c1ccc(N2Cc3ccc(/C=C/C(F)(F)F)cc3C2=O)cc1. The van der Waals surface area contributed by atoms with Gasteiger partial charge in [0, 0.05) is 17.3 Å². The van der Waals surface area contributed by atoms with E-state index < -0.39 is 18.1 Å². The Kier molecular flexibility index (Phi) is 4.78. The Morgan fingerprint density at radius 3 is 2.44 bits per heavy atom. The number of alkyl halides is 3. The molecule has 1 heterocycles. The molecule has 1 aliphatic heterocycles. The molecule has 0 saturated heterocycles. The Balaban J connectivity index is 1.83. The van der Waals surface area contributed by atoms with Crippen LogP contribution in [0.1, 0.15) is 39.9 Å². The van der Waals surface area contributed by atoms with Crippen molar-refractivity contribution in [2.24, 2.45) is 0 Å². The Bertz CT molecular complexity index is 917. The second kappa shape index (κ2) is 6.90. The quantitative estimate of drug-likeness (QED) is 0.849. The number of carboxylic acids is 1. The van der Waals surface area contributed by atoms with Crippen LogP contribution in [0.5, 0.6) is 0 Å². The van der Waals surface area contributed by atoms with Crippen LogP contribution >= 0.6 is 0 Å². The standard InChI is InChI=1S/C20H16F3NO3/c1-12(19(26)27)14-4-6-16(7-5-14)24-11-15-3-2-13(8-9-20(21,22)23)10-17(15)18(24)25/h2-10,12H,11H2,1H3,(H,26,27)/b9-8+. The first-order valence-electron chi connectivity index (χ1n) is 8.19. The summed E-state index contributed by atoms with van der Waals surface area (Å²) in [5.41, 5.74) is 2.61. The third kappa shape index (κ3) is 4.02.